The summed E-state index contributed by atoms with van der Waals surface area (Å²) in [7, 11) is 1.69. The van der Waals surface area contributed by atoms with Gasteiger partial charge in [-0.15, -0.1) is 0 Å². The quantitative estimate of drug-likeness (QED) is 0.132. The molecule has 0 N–H and O–H groups in total. The molecule has 5 nitrogen and oxygen atoms in total. The second-order valence-corrected chi connectivity index (χ2v) is 11.5. The monoisotopic (exact) mass is 567 g/mol. The molecule has 3 aromatic rings. The molecule has 0 aromatic heterocycles. The van der Waals surface area contributed by atoms with Crippen molar-refractivity contribution in [2.45, 2.75) is 64.7 Å². The molecule has 2 aliphatic rings. The number of esters is 1. The molecule has 2 fully saturated rings. The lowest BCUT2D eigenvalue weighted by Crippen LogP contribution is -2.33. The van der Waals surface area contributed by atoms with Crippen LogP contribution in [0.2, 0.25) is 0 Å². The molecule has 0 amide bonds. The molecular formula is C37H45NO4. The van der Waals surface area contributed by atoms with Gasteiger partial charge in [-0.3, -0.25) is 9.69 Å². The number of piperidine rings is 1. The van der Waals surface area contributed by atoms with Gasteiger partial charge in [-0.25, -0.2) is 0 Å². The van der Waals surface area contributed by atoms with Gasteiger partial charge in [-0.1, -0.05) is 69.0 Å². The van der Waals surface area contributed by atoms with E-state index < -0.39 is 0 Å². The number of likely N-dealkylation sites (tertiary alicyclic amines) is 1. The third kappa shape index (κ3) is 7.83. The fourth-order valence-electron chi connectivity index (χ4n) is 6.25. The number of allylic oxidation sites excluding steroid dienone is 1. The first-order valence-corrected chi connectivity index (χ1v) is 15.8. The Hall–Kier alpha value is -3.57. The van der Waals surface area contributed by atoms with Gasteiger partial charge in [0.2, 0.25) is 0 Å². The van der Waals surface area contributed by atoms with Crippen molar-refractivity contribution in [3.8, 4) is 17.2 Å². The van der Waals surface area contributed by atoms with Crippen molar-refractivity contribution < 1.29 is 19.0 Å². The molecule has 1 aliphatic heterocycles. The van der Waals surface area contributed by atoms with E-state index in [1.165, 1.54) is 44.3 Å². The molecule has 5 heteroatoms. The van der Waals surface area contributed by atoms with Crippen LogP contribution in [0.3, 0.4) is 0 Å². The predicted octanol–water partition coefficient (Wildman–Crippen LogP) is 8.41. The minimum absolute atomic E-state index is 0.0243. The number of carbonyl (C=O) groups excluding carboxylic acids is 1. The van der Waals surface area contributed by atoms with Crippen LogP contribution in [0.1, 0.15) is 81.4 Å². The van der Waals surface area contributed by atoms with E-state index in [1.54, 1.807) is 7.11 Å². The fourth-order valence-corrected chi connectivity index (χ4v) is 6.25. The van der Waals surface area contributed by atoms with Crippen LogP contribution < -0.4 is 14.2 Å². The average molecular weight is 568 g/mol. The van der Waals surface area contributed by atoms with Crippen molar-refractivity contribution in [2.75, 3.05) is 33.4 Å². The van der Waals surface area contributed by atoms with Crippen LogP contribution in [0, 0.1) is 5.92 Å². The highest BCUT2D eigenvalue weighted by Crippen LogP contribution is 2.36. The molecule has 1 saturated carbocycles. The summed E-state index contributed by atoms with van der Waals surface area (Å²) >= 11 is 0. The van der Waals surface area contributed by atoms with Crippen molar-refractivity contribution in [3.63, 3.8) is 0 Å². The van der Waals surface area contributed by atoms with Gasteiger partial charge in [0.1, 0.15) is 23.9 Å². The largest absolute Gasteiger partial charge is 0.497 e. The second-order valence-electron chi connectivity index (χ2n) is 11.5. The zero-order chi connectivity index (χ0) is 29.1. The van der Waals surface area contributed by atoms with Crippen molar-refractivity contribution in [3.05, 3.63) is 89.5 Å². The predicted molar refractivity (Wildman–Crippen MR) is 170 cm³/mol. The molecule has 42 heavy (non-hydrogen) atoms. The third-order valence-corrected chi connectivity index (χ3v) is 8.66. The van der Waals surface area contributed by atoms with E-state index in [-0.39, 0.29) is 11.9 Å². The molecule has 1 heterocycles. The number of ether oxygens (including phenoxy) is 3. The Labute approximate surface area is 251 Å². The highest BCUT2D eigenvalue weighted by Gasteiger charge is 2.23. The van der Waals surface area contributed by atoms with E-state index >= 15 is 0 Å². The second kappa shape index (κ2) is 15.1. The molecule has 0 radical (unpaired) electrons. The van der Waals surface area contributed by atoms with E-state index in [0.29, 0.717) is 12.4 Å². The van der Waals surface area contributed by atoms with Crippen LogP contribution in [-0.4, -0.2) is 44.2 Å². The highest BCUT2D eigenvalue weighted by atomic mass is 16.5. The molecule has 0 bridgehead atoms. The number of benzene rings is 3. The first-order chi connectivity index (χ1) is 20.6. The summed E-state index contributed by atoms with van der Waals surface area (Å²) in [5, 5.41) is 0. The molecule has 3 aromatic carbocycles. The zero-order valence-electron chi connectivity index (χ0n) is 25.3. The summed E-state index contributed by atoms with van der Waals surface area (Å²) in [6.45, 7) is 6.23. The Morgan fingerprint density at radius 2 is 1.26 bits per heavy atom. The van der Waals surface area contributed by atoms with Crippen LogP contribution in [0.15, 0.2) is 72.8 Å². The lowest BCUT2D eigenvalue weighted by atomic mass is 9.88. The third-order valence-electron chi connectivity index (χ3n) is 8.66. The van der Waals surface area contributed by atoms with Crippen LogP contribution in [0.4, 0.5) is 0 Å². The Morgan fingerprint density at radius 1 is 0.714 bits per heavy atom. The first-order valence-electron chi connectivity index (χ1n) is 15.8. The summed E-state index contributed by atoms with van der Waals surface area (Å²) in [6, 6.07) is 24.7. The molecule has 0 unspecified atom stereocenters. The van der Waals surface area contributed by atoms with Gasteiger partial charge in [0.05, 0.1) is 13.0 Å². The first kappa shape index (κ1) is 29.9. The molecule has 1 saturated heterocycles. The summed E-state index contributed by atoms with van der Waals surface area (Å²) in [5.74, 6) is 2.26. The molecule has 222 valence electrons. The summed E-state index contributed by atoms with van der Waals surface area (Å²) in [6.07, 6.45) is 10.1. The fraction of sp³-hybridized carbons (Fsp3) is 0.432. The molecule has 1 aliphatic carbocycles. The number of carbonyl (C=O) groups is 1. The number of rotatable bonds is 11. The molecular weight excluding hydrogens is 522 g/mol. The SMILES string of the molecule is CC/C(=C(\c1ccc(OCCN2CCCCC2)cc1)c1ccc(OC(=O)C2CCCCC2)cc1)c1ccc(OC)cc1. The summed E-state index contributed by atoms with van der Waals surface area (Å²) in [5.41, 5.74) is 5.76. The van der Waals surface area contributed by atoms with Crippen molar-refractivity contribution in [1.82, 2.24) is 4.90 Å². The Kier molecular flexibility index (Phi) is 10.7. The molecule has 5 rings (SSSR count). The van der Waals surface area contributed by atoms with Crippen LogP contribution in [-0.2, 0) is 4.79 Å². The minimum atomic E-state index is -0.0958. The normalized spacial score (nSPS) is 16.9. The Bertz CT molecular complexity index is 1300. The van der Waals surface area contributed by atoms with E-state index in [9.17, 15) is 4.79 Å². The molecule has 0 spiro atoms. The minimum Gasteiger partial charge on any atom is -0.497 e. The Morgan fingerprint density at radius 3 is 1.86 bits per heavy atom. The lowest BCUT2D eigenvalue weighted by Gasteiger charge is -2.26. The van der Waals surface area contributed by atoms with Gasteiger partial charge in [-0.05, 0) is 109 Å². The topological polar surface area (TPSA) is 48.0 Å². The van der Waals surface area contributed by atoms with E-state index in [4.69, 9.17) is 14.2 Å². The summed E-state index contributed by atoms with van der Waals surface area (Å²) < 4.78 is 17.3. The number of methoxy groups -OCH3 is 1. The van der Waals surface area contributed by atoms with Crippen molar-refractivity contribution >= 4 is 17.1 Å². The van der Waals surface area contributed by atoms with Gasteiger partial charge in [0.25, 0.3) is 0 Å². The smallest absolute Gasteiger partial charge is 0.314 e. The van der Waals surface area contributed by atoms with E-state index in [1.807, 2.05) is 24.3 Å². The molecule has 0 atom stereocenters. The highest BCUT2D eigenvalue weighted by molar-refractivity contribution is 5.98. The average Bonchev–Trinajstić information content (AvgIpc) is 3.05. The maximum Gasteiger partial charge on any atom is 0.314 e. The van der Waals surface area contributed by atoms with Gasteiger partial charge in [0, 0.05) is 6.54 Å². The van der Waals surface area contributed by atoms with E-state index in [2.05, 4.69) is 60.4 Å². The Balaban J connectivity index is 1.38. The van der Waals surface area contributed by atoms with E-state index in [0.717, 1.165) is 72.4 Å². The van der Waals surface area contributed by atoms with Crippen LogP contribution >= 0.6 is 0 Å². The van der Waals surface area contributed by atoms with Crippen LogP contribution in [0.5, 0.6) is 17.2 Å². The van der Waals surface area contributed by atoms with Gasteiger partial charge >= 0.3 is 5.97 Å². The van der Waals surface area contributed by atoms with Crippen LogP contribution in [0.25, 0.3) is 11.1 Å². The number of hydrogen-bond donors (Lipinski definition) is 0. The zero-order valence-corrected chi connectivity index (χ0v) is 25.3. The number of hydrogen-bond acceptors (Lipinski definition) is 5. The maximum absolute atomic E-state index is 12.7. The number of nitrogens with zero attached hydrogens (tertiary/aromatic N) is 1. The maximum atomic E-state index is 12.7. The standard InChI is InChI=1S/C37H45NO4/c1-3-35(28-12-18-32(40-2)19-13-28)36(29-14-20-33(21-15-29)41-27-26-38-24-8-5-9-25-38)30-16-22-34(23-17-30)42-37(39)31-10-6-4-7-11-31/h12-23,31H,3-11,24-27H2,1-2H3/b36-35-. The van der Waals surface area contributed by atoms with Gasteiger partial charge in [0.15, 0.2) is 0 Å². The lowest BCUT2D eigenvalue weighted by molar-refractivity contribution is -0.139. The van der Waals surface area contributed by atoms with Gasteiger partial charge in [-0.2, -0.15) is 0 Å². The summed E-state index contributed by atoms with van der Waals surface area (Å²) in [4.78, 5) is 15.2. The van der Waals surface area contributed by atoms with Crippen molar-refractivity contribution in [1.29, 1.82) is 0 Å². The van der Waals surface area contributed by atoms with Gasteiger partial charge < -0.3 is 14.2 Å². The van der Waals surface area contributed by atoms with Crippen molar-refractivity contribution in [2.24, 2.45) is 5.92 Å².